The molecule has 0 saturated carbocycles. The molecular formula is C15H21FN2O3. The highest BCUT2D eigenvalue weighted by Gasteiger charge is 2.13. The summed E-state index contributed by atoms with van der Waals surface area (Å²) in [5, 5.41) is 13.9. The SMILES string of the molecule is CC(CCCC(C)C(=O)O)NC(=O)Nc1ccccc1F. The molecule has 1 aromatic carbocycles. The molecule has 2 unspecified atom stereocenters. The number of halogens is 1. The van der Waals surface area contributed by atoms with Crippen LogP contribution in [0.2, 0.25) is 0 Å². The topological polar surface area (TPSA) is 78.4 Å². The van der Waals surface area contributed by atoms with Crippen LogP contribution < -0.4 is 10.6 Å². The van der Waals surface area contributed by atoms with E-state index in [1.54, 1.807) is 19.1 Å². The Kier molecular flexibility index (Phi) is 6.65. The van der Waals surface area contributed by atoms with Crippen molar-refractivity contribution in [2.75, 3.05) is 5.32 Å². The fourth-order valence-corrected chi connectivity index (χ4v) is 1.87. The van der Waals surface area contributed by atoms with Crippen LogP contribution in [0, 0.1) is 11.7 Å². The van der Waals surface area contributed by atoms with Crippen molar-refractivity contribution >= 4 is 17.7 Å². The summed E-state index contributed by atoms with van der Waals surface area (Å²) in [5.74, 6) is -1.69. The minimum atomic E-state index is -0.812. The van der Waals surface area contributed by atoms with Crippen LogP contribution in [-0.2, 0) is 4.79 Å². The molecule has 0 aliphatic carbocycles. The first kappa shape index (κ1) is 16.9. The Balaban J connectivity index is 2.31. The van der Waals surface area contributed by atoms with Crippen LogP contribution in [0.5, 0.6) is 0 Å². The van der Waals surface area contributed by atoms with Gasteiger partial charge in [-0.1, -0.05) is 25.5 Å². The first-order valence-corrected chi connectivity index (χ1v) is 6.95. The molecule has 2 atom stereocenters. The molecule has 0 saturated heterocycles. The second-order valence-electron chi connectivity index (χ2n) is 5.15. The average Bonchev–Trinajstić information content (AvgIpc) is 2.41. The van der Waals surface area contributed by atoms with Gasteiger partial charge in [0, 0.05) is 6.04 Å². The zero-order chi connectivity index (χ0) is 15.8. The molecule has 0 bridgehead atoms. The summed E-state index contributed by atoms with van der Waals surface area (Å²) in [6.45, 7) is 3.48. The van der Waals surface area contributed by atoms with Gasteiger partial charge in [0.25, 0.3) is 0 Å². The third-order valence-corrected chi connectivity index (χ3v) is 3.20. The molecule has 0 spiro atoms. The average molecular weight is 296 g/mol. The Hall–Kier alpha value is -2.11. The van der Waals surface area contributed by atoms with Crippen molar-refractivity contribution in [2.45, 2.75) is 39.2 Å². The molecular weight excluding hydrogens is 275 g/mol. The third-order valence-electron chi connectivity index (χ3n) is 3.20. The minimum absolute atomic E-state index is 0.113. The van der Waals surface area contributed by atoms with E-state index >= 15 is 0 Å². The number of carboxylic acid groups (broad SMARTS) is 1. The van der Waals surface area contributed by atoms with E-state index in [0.717, 1.165) is 0 Å². The fourth-order valence-electron chi connectivity index (χ4n) is 1.87. The third kappa shape index (κ3) is 6.25. The van der Waals surface area contributed by atoms with E-state index in [1.165, 1.54) is 12.1 Å². The number of carbonyl (C=O) groups excluding carboxylic acids is 1. The van der Waals surface area contributed by atoms with E-state index in [1.807, 2.05) is 6.92 Å². The zero-order valence-corrected chi connectivity index (χ0v) is 12.2. The van der Waals surface area contributed by atoms with Crippen molar-refractivity contribution in [1.82, 2.24) is 5.32 Å². The van der Waals surface area contributed by atoms with Gasteiger partial charge in [0.1, 0.15) is 5.82 Å². The number of para-hydroxylation sites is 1. The number of carbonyl (C=O) groups is 2. The molecule has 0 aromatic heterocycles. The summed E-state index contributed by atoms with van der Waals surface area (Å²) in [6, 6.07) is 5.34. The van der Waals surface area contributed by atoms with Crippen LogP contribution in [0.3, 0.4) is 0 Å². The van der Waals surface area contributed by atoms with E-state index in [-0.39, 0.29) is 17.6 Å². The Morgan fingerprint density at radius 3 is 2.52 bits per heavy atom. The first-order valence-electron chi connectivity index (χ1n) is 6.95. The van der Waals surface area contributed by atoms with E-state index in [9.17, 15) is 14.0 Å². The highest BCUT2D eigenvalue weighted by atomic mass is 19.1. The number of amides is 2. The largest absolute Gasteiger partial charge is 0.481 e. The van der Waals surface area contributed by atoms with Crippen LogP contribution in [-0.4, -0.2) is 23.1 Å². The van der Waals surface area contributed by atoms with Crippen molar-refractivity contribution in [3.8, 4) is 0 Å². The first-order chi connectivity index (χ1) is 9.90. The van der Waals surface area contributed by atoms with Gasteiger partial charge in [-0.3, -0.25) is 4.79 Å². The molecule has 21 heavy (non-hydrogen) atoms. The molecule has 0 aliphatic rings. The van der Waals surface area contributed by atoms with Gasteiger partial charge in [0.15, 0.2) is 0 Å². The molecule has 6 heteroatoms. The van der Waals surface area contributed by atoms with E-state index in [4.69, 9.17) is 5.11 Å². The monoisotopic (exact) mass is 296 g/mol. The normalized spacial score (nSPS) is 13.3. The molecule has 0 heterocycles. The number of hydrogen-bond donors (Lipinski definition) is 3. The second kappa shape index (κ2) is 8.24. The van der Waals surface area contributed by atoms with E-state index < -0.39 is 17.8 Å². The molecule has 0 radical (unpaired) electrons. The summed E-state index contributed by atoms with van der Waals surface area (Å²) >= 11 is 0. The number of benzene rings is 1. The molecule has 5 nitrogen and oxygen atoms in total. The van der Waals surface area contributed by atoms with Crippen LogP contribution >= 0.6 is 0 Å². The highest BCUT2D eigenvalue weighted by molar-refractivity contribution is 5.89. The summed E-state index contributed by atoms with van der Waals surface area (Å²) in [5.41, 5.74) is 0.127. The predicted octanol–water partition coefficient (Wildman–Crippen LogP) is 3.23. The standard InChI is InChI=1S/C15H21FN2O3/c1-10(14(19)20)6-5-7-11(2)17-15(21)18-13-9-4-3-8-12(13)16/h3-4,8-11H,5-7H2,1-2H3,(H,19,20)(H2,17,18,21). The van der Waals surface area contributed by atoms with E-state index in [0.29, 0.717) is 19.3 Å². The van der Waals surface area contributed by atoms with Gasteiger partial charge < -0.3 is 15.7 Å². The molecule has 0 aliphatic heterocycles. The number of urea groups is 1. The lowest BCUT2D eigenvalue weighted by molar-refractivity contribution is -0.141. The summed E-state index contributed by atoms with van der Waals surface area (Å²) in [4.78, 5) is 22.4. The lowest BCUT2D eigenvalue weighted by Gasteiger charge is -2.15. The lowest BCUT2D eigenvalue weighted by Crippen LogP contribution is -2.36. The number of anilines is 1. The highest BCUT2D eigenvalue weighted by Crippen LogP contribution is 2.13. The number of nitrogens with one attached hydrogen (secondary N) is 2. The minimum Gasteiger partial charge on any atom is -0.481 e. The molecule has 3 N–H and O–H groups in total. The number of carboxylic acids is 1. The van der Waals surface area contributed by atoms with E-state index in [2.05, 4.69) is 10.6 Å². The van der Waals surface area contributed by atoms with Gasteiger partial charge in [-0.25, -0.2) is 9.18 Å². The maximum absolute atomic E-state index is 13.4. The predicted molar refractivity (Wildman–Crippen MR) is 78.7 cm³/mol. The smallest absolute Gasteiger partial charge is 0.319 e. The van der Waals surface area contributed by atoms with Crippen molar-refractivity contribution in [2.24, 2.45) is 5.92 Å². The number of hydrogen-bond acceptors (Lipinski definition) is 2. The van der Waals surface area contributed by atoms with Gasteiger partial charge in [0.05, 0.1) is 11.6 Å². The van der Waals surface area contributed by atoms with Crippen LogP contribution in [0.15, 0.2) is 24.3 Å². The van der Waals surface area contributed by atoms with Gasteiger partial charge in [0.2, 0.25) is 0 Å². The van der Waals surface area contributed by atoms with Crippen LogP contribution in [0.25, 0.3) is 0 Å². The molecule has 116 valence electrons. The van der Waals surface area contributed by atoms with Crippen molar-refractivity contribution in [1.29, 1.82) is 0 Å². The Bertz CT molecular complexity index is 494. The van der Waals surface area contributed by atoms with Gasteiger partial charge in [-0.15, -0.1) is 0 Å². The lowest BCUT2D eigenvalue weighted by atomic mass is 10.0. The van der Waals surface area contributed by atoms with Crippen molar-refractivity contribution in [3.05, 3.63) is 30.1 Å². The number of rotatable bonds is 7. The Labute approximate surface area is 123 Å². The second-order valence-corrected chi connectivity index (χ2v) is 5.15. The maximum atomic E-state index is 13.4. The Morgan fingerprint density at radius 1 is 1.24 bits per heavy atom. The van der Waals surface area contributed by atoms with Crippen LogP contribution in [0.1, 0.15) is 33.1 Å². The Morgan fingerprint density at radius 2 is 1.90 bits per heavy atom. The summed E-state index contributed by atoms with van der Waals surface area (Å²) in [6.07, 6.45) is 1.94. The summed E-state index contributed by atoms with van der Waals surface area (Å²) < 4.78 is 13.4. The van der Waals surface area contributed by atoms with Crippen LogP contribution in [0.4, 0.5) is 14.9 Å². The van der Waals surface area contributed by atoms with Crippen molar-refractivity contribution in [3.63, 3.8) is 0 Å². The molecule has 1 aromatic rings. The number of aliphatic carboxylic acids is 1. The van der Waals surface area contributed by atoms with Gasteiger partial charge >= 0.3 is 12.0 Å². The summed E-state index contributed by atoms with van der Waals surface area (Å²) in [7, 11) is 0. The maximum Gasteiger partial charge on any atom is 0.319 e. The zero-order valence-electron chi connectivity index (χ0n) is 12.2. The quantitative estimate of drug-likeness (QED) is 0.723. The van der Waals surface area contributed by atoms with Crippen molar-refractivity contribution < 1.29 is 19.1 Å². The van der Waals surface area contributed by atoms with Gasteiger partial charge in [-0.05, 0) is 31.9 Å². The fraction of sp³-hybridized carbons (Fsp3) is 0.467. The molecule has 2 amide bonds. The molecule has 0 fully saturated rings. The van der Waals surface area contributed by atoms with Gasteiger partial charge in [-0.2, -0.15) is 0 Å². The molecule has 1 rings (SSSR count).